The molecule has 4 amide bonds. The summed E-state index contributed by atoms with van der Waals surface area (Å²) in [5.74, 6) is -0.103. The lowest BCUT2D eigenvalue weighted by Gasteiger charge is -2.11. The van der Waals surface area contributed by atoms with Crippen LogP contribution in [0.3, 0.4) is 0 Å². The van der Waals surface area contributed by atoms with Crippen LogP contribution in [0.4, 0.5) is 10.5 Å². The van der Waals surface area contributed by atoms with E-state index in [9.17, 15) is 14.4 Å². The molecule has 130 valence electrons. The molecule has 1 aromatic heterocycles. The molecule has 0 aliphatic carbocycles. The van der Waals surface area contributed by atoms with Crippen LogP contribution in [-0.4, -0.2) is 28.8 Å². The Morgan fingerprint density at radius 1 is 1.28 bits per heavy atom. The number of nitrogens with zero attached hydrogens (tertiary/aromatic N) is 1. The number of rotatable bonds is 6. The minimum atomic E-state index is -0.715. The van der Waals surface area contributed by atoms with Crippen LogP contribution in [0.15, 0.2) is 47.1 Å². The van der Waals surface area contributed by atoms with E-state index in [0.717, 1.165) is 4.90 Å². The van der Waals surface area contributed by atoms with Crippen molar-refractivity contribution in [1.82, 2.24) is 10.2 Å². The van der Waals surface area contributed by atoms with Crippen LogP contribution >= 0.6 is 11.6 Å². The number of anilines is 1. The highest BCUT2D eigenvalue weighted by Gasteiger charge is 2.38. The zero-order valence-corrected chi connectivity index (χ0v) is 14.0. The summed E-state index contributed by atoms with van der Waals surface area (Å²) in [5.41, 5.74) is 0.582. The number of urea groups is 1. The molecule has 0 saturated carbocycles. The summed E-state index contributed by atoms with van der Waals surface area (Å²) in [7, 11) is 0. The van der Waals surface area contributed by atoms with Gasteiger partial charge in [-0.05, 0) is 36.8 Å². The number of halogens is 1. The van der Waals surface area contributed by atoms with Gasteiger partial charge in [-0.15, -0.1) is 0 Å². The molecule has 1 fully saturated rings. The lowest BCUT2D eigenvalue weighted by atomic mass is 10.1. The maximum atomic E-state index is 12.3. The van der Waals surface area contributed by atoms with Crippen molar-refractivity contribution in [3.63, 3.8) is 0 Å². The van der Waals surface area contributed by atoms with Crippen molar-refractivity contribution in [1.29, 1.82) is 0 Å². The highest BCUT2D eigenvalue weighted by Crippen LogP contribution is 2.17. The van der Waals surface area contributed by atoms with Gasteiger partial charge in [0, 0.05) is 17.1 Å². The first kappa shape index (κ1) is 17.0. The Labute approximate surface area is 148 Å². The molecule has 0 spiro atoms. The number of carbonyl (C=O) groups excluding carboxylic acids is 3. The number of carbonyl (C=O) groups is 3. The van der Waals surface area contributed by atoms with Crippen molar-refractivity contribution in [2.45, 2.75) is 25.4 Å². The predicted molar refractivity (Wildman–Crippen MR) is 90.9 cm³/mol. The Morgan fingerprint density at radius 2 is 2.12 bits per heavy atom. The molecule has 1 saturated heterocycles. The second-order valence-electron chi connectivity index (χ2n) is 5.60. The molecule has 3 rings (SSSR count). The first-order valence-electron chi connectivity index (χ1n) is 7.72. The highest BCUT2D eigenvalue weighted by atomic mass is 35.5. The fraction of sp³-hybridized carbons (Fsp3) is 0.235. The van der Waals surface area contributed by atoms with Crippen molar-refractivity contribution in [3.05, 3.63) is 53.4 Å². The van der Waals surface area contributed by atoms with E-state index in [2.05, 4.69) is 10.6 Å². The van der Waals surface area contributed by atoms with Crippen LogP contribution in [0.1, 0.15) is 18.6 Å². The van der Waals surface area contributed by atoms with Crippen LogP contribution in [-0.2, 0) is 16.1 Å². The number of furan rings is 1. The van der Waals surface area contributed by atoms with Crippen molar-refractivity contribution in [3.8, 4) is 0 Å². The van der Waals surface area contributed by atoms with Gasteiger partial charge in [-0.3, -0.25) is 14.5 Å². The standard InChI is InChI=1S/C17H16ClN3O4/c18-11-3-1-4-12(9-11)19-15(22)7-6-14-16(23)21(17(24)20-14)10-13-5-2-8-25-13/h1-5,8-9,14H,6-7,10H2,(H,19,22)(H,20,24). The van der Waals surface area contributed by atoms with Gasteiger partial charge in [0.2, 0.25) is 5.91 Å². The molecule has 1 aromatic carbocycles. The van der Waals surface area contributed by atoms with E-state index in [0.29, 0.717) is 16.5 Å². The fourth-order valence-corrected chi connectivity index (χ4v) is 2.74. The third-order valence-corrected chi connectivity index (χ3v) is 4.00. The van der Waals surface area contributed by atoms with Gasteiger partial charge in [-0.25, -0.2) is 4.79 Å². The van der Waals surface area contributed by atoms with Gasteiger partial charge in [-0.1, -0.05) is 17.7 Å². The Hall–Kier alpha value is -2.80. The average molecular weight is 362 g/mol. The van der Waals surface area contributed by atoms with Gasteiger partial charge in [-0.2, -0.15) is 0 Å². The number of hydrogen-bond acceptors (Lipinski definition) is 4. The lowest BCUT2D eigenvalue weighted by molar-refractivity contribution is -0.128. The number of benzene rings is 1. The quantitative estimate of drug-likeness (QED) is 0.774. The Bertz CT molecular complexity index is 791. The molecule has 1 atom stereocenters. The fourth-order valence-electron chi connectivity index (χ4n) is 2.55. The molecular formula is C17H16ClN3O4. The van der Waals surface area contributed by atoms with Gasteiger partial charge in [0.15, 0.2) is 0 Å². The Kier molecular flexibility index (Phi) is 5.04. The molecule has 25 heavy (non-hydrogen) atoms. The van der Waals surface area contributed by atoms with Crippen molar-refractivity contribution in [2.75, 3.05) is 5.32 Å². The molecule has 2 N–H and O–H groups in total. The number of amides is 4. The molecule has 2 heterocycles. The minimum absolute atomic E-state index is 0.0723. The summed E-state index contributed by atoms with van der Waals surface area (Å²) in [5, 5.41) is 5.81. The highest BCUT2D eigenvalue weighted by molar-refractivity contribution is 6.30. The third-order valence-electron chi connectivity index (χ3n) is 3.77. The average Bonchev–Trinajstić information content (AvgIpc) is 3.17. The van der Waals surface area contributed by atoms with Gasteiger partial charge in [0.05, 0.1) is 12.8 Å². The smallest absolute Gasteiger partial charge is 0.325 e. The monoisotopic (exact) mass is 361 g/mol. The van der Waals surface area contributed by atoms with Crippen LogP contribution in [0, 0.1) is 0 Å². The van der Waals surface area contributed by atoms with E-state index in [1.807, 2.05) is 0 Å². The number of nitrogens with one attached hydrogen (secondary N) is 2. The summed E-state index contributed by atoms with van der Waals surface area (Å²) >= 11 is 5.86. The third kappa shape index (κ3) is 4.19. The zero-order valence-electron chi connectivity index (χ0n) is 13.2. The first-order valence-corrected chi connectivity index (χ1v) is 8.10. The maximum Gasteiger partial charge on any atom is 0.325 e. The molecule has 0 radical (unpaired) electrons. The second-order valence-corrected chi connectivity index (χ2v) is 6.04. The minimum Gasteiger partial charge on any atom is -0.467 e. The van der Waals surface area contributed by atoms with E-state index >= 15 is 0 Å². The summed E-state index contributed by atoms with van der Waals surface area (Å²) in [6.07, 6.45) is 1.79. The molecule has 7 nitrogen and oxygen atoms in total. The van der Waals surface area contributed by atoms with Crippen molar-refractivity contribution in [2.24, 2.45) is 0 Å². The van der Waals surface area contributed by atoms with Crippen LogP contribution in [0.5, 0.6) is 0 Å². The molecule has 1 unspecified atom stereocenters. The van der Waals surface area contributed by atoms with Gasteiger partial charge in [0.25, 0.3) is 5.91 Å². The van der Waals surface area contributed by atoms with Crippen molar-refractivity contribution >= 4 is 35.1 Å². The molecular weight excluding hydrogens is 346 g/mol. The van der Waals surface area contributed by atoms with Crippen LogP contribution in [0.2, 0.25) is 5.02 Å². The van der Waals surface area contributed by atoms with E-state index in [1.165, 1.54) is 6.26 Å². The van der Waals surface area contributed by atoms with Gasteiger partial charge >= 0.3 is 6.03 Å². The number of imide groups is 1. The van der Waals surface area contributed by atoms with Crippen LogP contribution in [0.25, 0.3) is 0 Å². The topological polar surface area (TPSA) is 91.7 Å². The Balaban J connectivity index is 1.52. The largest absolute Gasteiger partial charge is 0.467 e. The summed E-state index contributed by atoms with van der Waals surface area (Å²) in [6.45, 7) is 0.0723. The molecule has 0 bridgehead atoms. The second kappa shape index (κ2) is 7.40. The summed E-state index contributed by atoms with van der Waals surface area (Å²) in [6, 6.07) is 8.96. The number of hydrogen-bond donors (Lipinski definition) is 2. The maximum absolute atomic E-state index is 12.3. The first-order chi connectivity index (χ1) is 12.0. The predicted octanol–water partition coefficient (Wildman–Crippen LogP) is 2.77. The van der Waals surface area contributed by atoms with E-state index < -0.39 is 12.1 Å². The van der Waals surface area contributed by atoms with Crippen molar-refractivity contribution < 1.29 is 18.8 Å². The molecule has 1 aliphatic heterocycles. The van der Waals surface area contributed by atoms with E-state index in [4.69, 9.17) is 16.0 Å². The normalized spacial score (nSPS) is 16.8. The SMILES string of the molecule is O=C(CCC1NC(=O)N(Cc2ccco2)C1=O)Nc1cccc(Cl)c1. The summed E-state index contributed by atoms with van der Waals surface area (Å²) < 4.78 is 5.15. The van der Waals surface area contributed by atoms with Gasteiger partial charge < -0.3 is 15.1 Å². The summed E-state index contributed by atoms with van der Waals surface area (Å²) in [4.78, 5) is 37.3. The molecule has 8 heteroatoms. The zero-order chi connectivity index (χ0) is 17.8. The molecule has 1 aliphatic rings. The Morgan fingerprint density at radius 3 is 2.84 bits per heavy atom. The van der Waals surface area contributed by atoms with E-state index in [-0.39, 0.29) is 31.2 Å². The van der Waals surface area contributed by atoms with E-state index in [1.54, 1.807) is 36.4 Å². The lowest BCUT2D eigenvalue weighted by Crippen LogP contribution is -2.31. The van der Waals surface area contributed by atoms with Gasteiger partial charge in [0.1, 0.15) is 11.8 Å². The molecule has 2 aromatic rings. The van der Waals surface area contributed by atoms with Crippen LogP contribution < -0.4 is 10.6 Å².